The zero-order valence-electron chi connectivity index (χ0n) is 9.27. The Morgan fingerprint density at radius 2 is 2.28 bits per heavy atom. The van der Waals surface area contributed by atoms with Gasteiger partial charge in [0.05, 0.1) is 16.2 Å². The van der Waals surface area contributed by atoms with Gasteiger partial charge in [-0.15, -0.1) is 0 Å². The summed E-state index contributed by atoms with van der Waals surface area (Å²) in [5, 5.41) is 23.7. The number of nitrogens with zero attached hydrogens (tertiary/aromatic N) is 4. The summed E-state index contributed by atoms with van der Waals surface area (Å²) in [4.78, 5) is 24.7. The molecule has 0 fully saturated rings. The molecule has 1 N–H and O–H groups in total. The van der Waals surface area contributed by atoms with Crippen molar-refractivity contribution >= 4 is 11.7 Å². The summed E-state index contributed by atoms with van der Waals surface area (Å²) < 4.78 is 1.24. The number of pyridine rings is 1. The molecule has 0 bridgehead atoms. The second-order valence-corrected chi connectivity index (χ2v) is 3.53. The Morgan fingerprint density at radius 3 is 2.78 bits per heavy atom. The van der Waals surface area contributed by atoms with E-state index in [1.54, 1.807) is 13.0 Å². The van der Waals surface area contributed by atoms with Crippen LogP contribution in [0.4, 0.5) is 5.69 Å². The van der Waals surface area contributed by atoms with E-state index in [2.05, 4.69) is 10.1 Å². The van der Waals surface area contributed by atoms with Crippen molar-refractivity contribution in [2.75, 3.05) is 0 Å². The van der Waals surface area contributed by atoms with Crippen LogP contribution in [-0.4, -0.2) is 30.8 Å². The summed E-state index contributed by atoms with van der Waals surface area (Å²) in [7, 11) is 0. The van der Waals surface area contributed by atoms with Gasteiger partial charge in [-0.3, -0.25) is 10.1 Å². The van der Waals surface area contributed by atoms with Crippen LogP contribution in [0.25, 0.3) is 5.82 Å². The smallest absolute Gasteiger partial charge is 0.337 e. The van der Waals surface area contributed by atoms with Crippen LogP contribution in [0.5, 0.6) is 0 Å². The van der Waals surface area contributed by atoms with Crippen LogP contribution >= 0.6 is 0 Å². The highest BCUT2D eigenvalue weighted by Gasteiger charge is 2.20. The molecule has 0 amide bonds. The minimum Gasteiger partial charge on any atom is -0.478 e. The molecule has 0 aliphatic carbocycles. The second-order valence-electron chi connectivity index (χ2n) is 3.53. The van der Waals surface area contributed by atoms with E-state index in [1.165, 1.54) is 10.9 Å². The van der Waals surface area contributed by atoms with Crippen molar-refractivity contribution in [1.29, 1.82) is 0 Å². The van der Waals surface area contributed by atoms with E-state index in [-0.39, 0.29) is 11.4 Å². The van der Waals surface area contributed by atoms with Crippen LogP contribution < -0.4 is 0 Å². The molecule has 2 aromatic heterocycles. The maximum Gasteiger partial charge on any atom is 0.337 e. The summed E-state index contributed by atoms with van der Waals surface area (Å²) in [6, 6.07) is 2.62. The summed E-state index contributed by atoms with van der Waals surface area (Å²) >= 11 is 0. The van der Waals surface area contributed by atoms with Gasteiger partial charge in [-0.05, 0) is 13.0 Å². The van der Waals surface area contributed by atoms with Crippen molar-refractivity contribution in [3.63, 3.8) is 0 Å². The van der Waals surface area contributed by atoms with Crippen LogP contribution in [0.3, 0.4) is 0 Å². The van der Waals surface area contributed by atoms with Crippen molar-refractivity contribution in [2.24, 2.45) is 0 Å². The summed E-state index contributed by atoms with van der Waals surface area (Å²) in [6.07, 6.45) is 2.58. The number of carbonyl (C=O) groups is 1. The van der Waals surface area contributed by atoms with Gasteiger partial charge in [0.15, 0.2) is 0 Å². The largest absolute Gasteiger partial charge is 0.478 e. The highest BCUT2D eigenvalue weighted by atomic mass is 16.6. The highest BCUT2D eigenvalue weighted by Crippen LogP contribution is 2.21. The Kier molecular flexibility index (Phi) is 2.76. The van der Waals surface area contributed by atoms with E-state index in [4.69, 9.17) is 5.11 Å². The first-order chi connectivity index (χ1) is 8.49. The second kappa shape index (κ2) is 4.24. The van der Waals surface area contributed by atoms with E-state index < -0.39 is 16.6 Å². The number of rotatable bonds is 3. The van der Waals surface area contributed by atoms with Gasteiger partial charge in [0.2, 0.25) is 5.82 Å². The molecule has 18 heavy (non-hydrogen) atoms. The van der Waals surface area contributed by atoms with E-state index in [1.807, 2.05) is 0 Å². The lowest BCUT2D eigenvalue weighted by atomic mass is 10.2. The molecule has 0 saturated heterocycles. The zero-order chi connectivity index (χ0) is 13.3. The lowest BCUT2D eigenvalue weighted by Gasteiger charge is -2.02. The van der Waals surface area contributed by atoms with Crippen molar-refractivity contribution in [3.05, 3.63) is 45.9 Å². The van der Waals surface area contributed by atoms with Gasteiger partial charge in [0, 0.05) is 18.5 Å². The molecular weight excluding hydrogens is 240 g/mol. The summed E-state index contributed by atoms with van der Waals surface area (Å²) in [5.41, 5.74) is 0.0285. The average molecular weight is 248 g/mol. The van der Waals surface area contributed by atoms with Gasteiger partial charge in [-0.2, -0.15) is 5.10 Å². The first kappa shape index (κ1) is 11.7. The molecule has 8 heteroatoms. The lowest BCUT2D eigenvalue weighted by molar-refractivity contribution is -0.385. The molecule has 92 valence electrons. The van der Waals surface area contributed by atoms with E-state index in [9.17, 15) is 14.9 Å². The first-order valence-electron chi connectivity index (χ1n) is 4.89. The lowest BCUT2D eigenvalue weighted by Crippen LogP contribution is -2.07. The fraction of sp³-hybridized carbons (Fsp3) is 0.100. The number of aryl methyl sites for hydroxylation is 1. The van der Waals surface area contributed by atoms with Crippen molar-refractivity contribution in [2.45, 2.75) is 6.92 Å². The average Bonchev–Trinajstić information content (AvgIpc) is 2.74. The minimum absolute atomic E-state index is 0.0156. The maximum absolute atomic E-state index is 10.9. The van der Waals surface area contributed by atoms with Gasteiger partial charge < -0.3 is 5.11 Å². The highest BCUT2D eigenvalue weighted by molar-refractivity contribution is 5.88. The Labute approximate surface area is 101 Å². The van der Waals surface area contributed by atoms with Gasteiger partial charge in [0.25, 0.3) is 0 Å². The Balaban J connectivity index is 2.60. The van der Waals surface area contributed by atoms with Crippen LogP contribution in [0.2, 0.25) is 0 Å². The molecule has 0 unspecified atom stereocenters. The Bertz CT molecular complexity index is 635. The standard InChI is InChI=1S/C10H8N4O4/c1-6-2-3-13(12-6)9-8(14(17)18)4-7(5-11-9)10(15)16/h2-5H,1H3,(H,15,16). The van der Waals surface area contributed by atoms with E-state index in [0.29, 0.717) is 5.69 Å². The van der Waals surface area contributed by atoms with Gasteiger partial charge in [-0.25, -0.2) is 14.5 Å². The zero-order valence-corrected chi connectivity index (χ0v) is 9.27. The van der Waals surface area contributed by atoms with Crippen LogP contribution in [0.1, 0.15) is 16.1 Å². The number of hydrogen-bond acceptors (Lipinski definition) is 5. The van der Waals surface area contributed by atoms with E-state index >= 15 is 0 Å². The number of aromatic carboxylic acids is 1. The summed E-state index contributed by atoms with van der Waals surface area (Å²) in [6.45, 7) is 1.73. The van der Waals surface area contributed by atoms with Gasteiger partial charge >= 0.3 is 11.7 Å². The molecule has 0 aliphatic heterocycles. The molecule has 0 atom stereocenters. The quantitative estimate of drug-likeness (QED) is 0.644. The maximum atomic E-state index is 10.9. The topological polar surface area (TPSA) is 111 Å². The van der Waals surface area contributed by atoms with E-state index in [0.717, 1.165) is 12.3 Å². The number of carboxylic acid groups (broad SMARTS) is 1. The molecule has 0 radical (unpaired) electrons. The van der Waals surface area contributed by atoms with Gasteiger partial charge in [0.1, 0.15) is 0 Å². The fourth-order valence-corrected chi connectivity index (χ4v) is 1.41. The van der Waals surface area contributed by atoms with Crippen LogP contribution in [0, 0.1) is 17.0 Å². The summed E-state index contributed by atoms with van der Waals surface area (Å²) in [5.74, 6) is -1.29. The molecule has 0 aliphatic rings. The molecule has 2 heterocycles. The number of aromatic nitrogens is 3. The third kappa shape index (κ3) is 2.03. The predicted molar refractivity (Wildman–Crippen MR) is 59.7 cm³/mol. The molecule has 8 nitrogen and oxygen atoms in total. The van der Waals surface area contributed by atoms with Crippen molar-refractivity contribution in [1.82, 2.24) is 14.8 Å². The van der Waals surface area contributed by atoms with Crippen LogP contribution in [0.15, 0.2) is 24.5 Å². The molecule has 0 spiro atoms. The molecule has 2 rings (SSSR count). The SMILES string of the molecule is Cc1ccn(-c2ncc(C(=O)O)cc2[N+](=O)[O-])n1. The molecule has 0 aromatic carbocycles. The third-order valence-corrected chi connectivity index (χ3v) is 2.23. The Morgan fingerprint density at radius 1 is 1.56 bits per heavy atom. The number of hydrogen-bond donors (Lipinski definition) is 1. The molecule has 0 saturated carbocycles. The molecule has 2 aromatic rings. The normalized spacial score (nSPS) is 10.3. The number of nitro groups is 1. The van der Waals surface area contributed by atoms with Crippen LogP contribution in [-0.2, 0) is 0 Å². The Hall–Kier alpha value is -2.77. The first-order valence-corrected chi connectivity index (χ1v) is 4.89. The number of carboxylic acids is 1. The van der Waals surface area contributed by atoms with Crippen molar-refractivity contribution < 1.29 is 14.8 Å². The molecular formula is C10H8N4O4. The van der Waals surface area contributed by atoms with Crippen molar-refractivity contribution in [3.8, 4) is 5.82 Å². The fourth-order valence-electron chi connectivity index (χ4n) is 1.41. The predicted octanol–water partition coefficient (Wildman–Crippen LogP) is 1.18. The third-order valence-electron chi connectivity index (χ3n) is 2.23. The monoisotopic (exact) mass is 248 g/mol. The van der Waals surface area contributed by atoms with Gasteiger partial charge in [-0.1, -0.05) is 0 Å². The minimum atomic E-state index is -1.27.